The van der Waals surface area contributed by atoms with Crippen molar-refractivity contribution in [3.05, 3.63) is 59.7 Å². The highest BCUT2D eigenvalue weighted by Crippen LogP contribution is 2.24. The third-order valence-electron chi connectivity index (χ3n) is 4.05. The molecule has 2 heteroatoms. The van der Waals surface area contributed by atoms with E-state index in [0.717, 1.165) is 12.3 Å². The van der Waals surface area contributed by atoms with Crippen molar-refractivity contribution in [3.63, 3.8) is 0 Å². The van der Waals surface area contributed by atoms with Gasteiger partial charge in [0.25, 0.3) is 0 Å². The number of hydrogen-bond donors (Lipinski definition) is 1. The molecule has 0 bridgehead atoms. The lowest BCUT2D eigenvalue weighted by Crippen LogP contribution is -2.23. The summed E-state index contributed by atoms with van der Waals surface area (Å²) >= 11 is 0. The van der Waals surface area contributed by atoms with Gasteiger partial charge in [0, 0.05) is 5.69 Å². The van der Waals surface area contributed by atoms with Gasteiger partial charge in [0.1, 0.15) is 11.9 Å². The molecule has 0 spiro atoms. The number of rotatable bonds is 7. The van der Waals surface area contributed by atoms with Crippen LogP contribution in [0.2, 0.25) is 0 Å². The van der Waals surface area contributed by atoms with Gasteiger partial charge in [0.15, 0.2) is 0 Å². The number of benzene rings is 2. The molecule has 0 saturated heterocycles. The smallest absolute Gasteiger partial charge is 0.119 e. The van der Waals surface area contributed by atoms with E-state index in [2.05, 4.69) is 88.5 Å². The Morgan fingerprint density at radius 2 is 1.48 bits per heavy atom. The number of nitrogens with one attached hydrogen (secondary N) is 1. The molecule has 1 atom stereocenters. The molecule has 0 aliphatic rings. The standard InChI is InChI=1S/C21H29NO/c1-15(2)18-10-12-19(13-11-18)23-17(5)14-22-21-9-7-6-8-20(21)16(3)4/h6-13,15-17,22H,14H2,1-5H3. The maximum absolute atomic E-state index is 6.01. The molecule has 0 fully saturated rings. The SMILES string of the molecule is CC(CNc1ccccc1C(C)C)Oc1ccc(C(C)C)cc1. The van der Waals surface area contributed by atoms with E-state index in [0.29, 0.717) is 11.8 Å². The topological polar surface area (TPSA) is 21.3 Å². The van der Waals surface area contributed by atoms with Gasteiger partial charge in [0.2, 0.25) is 0 Å². The average Bonchev–Trinajstić information content (AvgIpc) is 2.53. The Hall–Kier alpha value is -1.96. The zero-order valence-corrected chi connectivity index (χ0v) is 15.0. The predicted molar refractivity (Wildman–Crippen MR) is 99.6 cm³/mol. The lowest BCUT2D eigenvalue weighted by molar-refractivity contribution is 0.234. The van der Waals surface area contributed by atoms with Crippen LogP contribution in [-0.2, 0) is 0 Å². The van der Waals surface area contributed by atoms with Crippen LogP contribution in [0.1, 0.15) is 57.6 Å². The normalized spacial score (nSPS) is 12.5. The van der Waals surface area contributed by atoms with Crippen LogP contribution in [-0.4, -0.2) is 12.6 Å². The van der Waals surface area contributed by atoms with Crippen molar-refractivity contribution in [2.24, 2.45) is 0 Å². The largest absolute Gasteiger partial charge is 0.489 e. The molecule has 2 aromatic carbocycles. The van der Waals surface area contributed by atoms with Crippen molar-refractivity contribution in [2.45, 2.75) is 52.6 Å². The first-order valence-corrected chi connectivity index (χ1v) is 8.56. The summed E-state index contributed by atoms with van der Waals surface area (Å²) in [6, 6.07) is 16.9. The zero-order chi connectivity index (χ0) is 16.8. The van der Waals surface area contributed by atoms with Crippen LogP contribution in [0.15, 0.2) is 48.5 Å². The molecule has 23 heavy (non-hydrogen) atoms. The van der Waals surface area contributed by atoms with Crippen molar-refractivity contribution < 1.29 is 4.74 Å². The number of hydrogen-bond acceptors (Lipinski definition) is 2. The molecule has 2 aromatic rings. The van der Waals surface area contributed by atoms with Crippen LogP contribution >= 0.6 is 0 Å². The quantitative estimate of drug-likeness (QED) is 0.696. The van der Waals surface area contributed by atoms with Crippen LogP contribution in [0.3, 0.4) is 0 Å². The van der Waals surface area contributed by atoms with Gasteiger partial charge in [-0.05, 0) is 48.1 Å². The van der Waals surface area contributed by atoms with Gasteiger partial charge in [0.05, 0.1) is 6.54 Å². The van der Waals surface area contributed by atoms with E-state index in [1.54, 1.807) is 0 Å². The Morgan fingerprint density at radius 3 is 2.09 bits per heavy atom. The first kappa shape index (κ1) is 17.4. The minimum absolute atomic E-state index is 0.111. The first-order chi connectivity index (χ1) is 11.0. The maximum Gasteiger partial charge on any atom is 0.119 e. The first-order valence-electron chi connectivity index (χ1n) is 8.56. The summed E-state index contributed by atoms with van der Waals surface area (Å²) < 4.78 is 6.01. The fraction of sp³-hybridized carbons (Fsp3) is 0.429. The molecule has 0 radical (unpaired) electrons. The van der Waals surface area contributed by atoms with Crippen molar-refractivity contribution in [3.8, 4) is 5.75 Å². The van der Waals surface area contributed by atoms with E-state index in [9.17, 15) is 0 Å². The van der Waals surface area contributed by atoms with Crippen LogP contribution < -0.4 is 10.1 Å². The molecule has 0 amide bonds. The van der Waals surface area contributed by atoms with Crippen molar-refractivity contribution in [1.82, 2.24) is 0 Å². The Labute approximate surface area is 140 Å². The molecule has 0 heterocycles. The Bertz CT molecular complexity index is 601. The molecule has 0 aliphatic heterocycles. The van der Waals surface area contributed by atoms with Gasteiger partial charge in [-0.2, -0.15) is 0 Å². The van der Waals surface area contributed by atoms with Crippen LogP contribution in [0, 0.1) is 0 Å². The van der Waals surface area contributed by atoms with Gasteiger partial charge in [-0.15, -0.1) is 0 Å². The molecule has 2 nitrogen and oxygen atoms in total. The van der Waals surface area contributed by atoms with Gasteiger partial charge in [-0.3, -0.25) is 0 Å². The lowest BCUT2D eigenvalue weighted by atomic mass is 10.0. The molecule has 0 saturated carbocycles. The Morgan fingerprint density at radius 1 is 0.826 bits per heavy atom. The van der Waals surface area contributed by atoms with Crippen LogP contribution in [0.5, 0.6) is 5.75 Å². The van der Waals surface area contributed by atoms with E-state index in [1.165, 1.54) is 16.8 Å². The van der Waals surface area contributed by atoms with Crippen molar-refractivity contribution >= 4 is 5.69 Å². The summed E-state index contributed by atoms with van der Waals surface area (Å²) in [6.45, 7) is 11.7. The second kappa shape index (κ2) is 8.05. The number of anilines is 1. The van der Waals surface area contributed by atoms with Crippen LogP contribution in [0.4, 0.5) is 5.69 Å². The summed E-state index contributed by atoms with van der Waals surface area (Å²) in [4.78, 5) is 0. The lowest BCUT2D eigenvalue weighted by Gasteiger charge is -2.19. The highest BCUT2D eigenvalue weighted by molar-refractivity contribution is 5.52. The predicted octanol–water partition coefficient (Wildman–Crippen LogP) is 5.81. The van der Waals surface area contributed by atoms with Crippen molar-refractivity contribution in [2.75, 3.05) is 11.9 Å². The molecule has 0 aliphatic carbocycles. The Kier molecular flexibility index (Phi) is 6.09. The van der Waals surface area contributed by atoms with E-state index in [1.807, 2.05) is 0 Å². The molecule has 1 unspecified atom stereocenters. The van der Waals surface area contributed by atoms with E-state index in [-0.39, 0.29) is 6.10 Å². The van der Waals surface area contributed by atoms with Gasteiger partial charge in [-0.1, -0.05) is 58.0 Å². The maximum atomic E-state index is 6.01. The molecule has 124 valence electrons. The number of para-hydroxylation sites is 1. The van der Waals surface area contributed by atoms with Crippen LogP contribution in [0.25, 0.3) is 0 Å². The monoisotopic (exact) mass is 311 g/mol. The zero-order valence-electron chi connectivity index (χ0n) is 15.0. The second-order valence-corrected chi connectivity index (χ2v) is 6.78. The summed E-state index contributed by atoms with van der Waals surface area (Å²) in [7, 11) is 0. The molecular weight excluding hydrogens is 282 g/mol. The van der Waals surface area contributed by atoms with E-state index in [4.69, 9.17) is 4.74 Å². The van der Waals surface area contributed by atoms with E-state index < -0.39 is 0 Å². The summed E-state index contributed by atoms with van der Waals surface area (Å²) in [5.74, 6) is 2.00. The Balaban J connectivity index is 1.91. The average molecular weight is 311 g/mol. The highest BCUT2D eigenvalue weighted by Gasteiger charge is 2.08. The van der Waals surface area contributed by atoms with Crippen molar-refractivity contribution in [1.29, 1.82) is 0 Å². The minimum atomic E-state index is 0.111. The fourth-order valence-corrected chi connectivity index (χ4v) is 2.62. The van der Waals surface area contributed by atoms with Gasteiger partial charge < -0.3 is 10.1 Å². The highest BCUT2D eigenvalue weighted by atomic mass is 16.5. The summed E-state index contributed by atoms with van der Waals surface area (Å²) in [5, 5.41) is 3.52. The third kappa shape index (κ3) is 5.02. The van der Waals surface area contributed by atoms with Gasteiger partial charge >= 0.3 is 0 Å². The molecule has 0 aromatic heterocycles. The molecule has 2 rings (SSSR count). The minimum Gasteiger partial charge on any atom is -0.489 e. The second-order valence-electron chi connectivity index (χ2n) is 6.78. The summed E-state index contributed by atoms with van der Waals surface area (Å²) in [6.07, 6.45) is 0.111. The van der Waals surface area contributed by atoms with Gasteiger partial charge in [-0.25, -0.2) is 0 Å². The number of ether oxygens (including phenoxy) is 1. The molecule has 1 N–H and O–H groups in total. The molecular formula is C21H29NO. The summed E-state index contributed by atoms with van der Waals surface area (Å²) in [5.41, 5.74) is 3.89. The van der Waals surface area contributed by atoms with E-state index >= 15 is 0 Å². The fourth-order valence-electron chi connectivity index (χ4n) is 2.62. The third-order valence-corrected chi connectivity index (χ3v) is 4.05.